The van der Waals surface area contributed by atoms with Gasteiger partial charge in [0.2, 0.25) is 0 Å². The standard InChI is InChI=1S/C20H27N3.2C2H6/c1-6-12-21(3)17-14-19-18(13-15(17)2)22(4)20(23(19)5)16-10-8-7-9-11-16;2*1-2/h7-11,13-14,20H,6,12H2,1-5H3;2*1-2H3. The Morgan fingerprint density at radius 3 is 1.93 bits per heavy atom. The van der Waals surface area contributed by atoms with Crippen molar-refractivity contribution < 1.29 is 0 Å². The summed E-state index contributed by atoms with van der Waals surface area (Å²) in [7, 11) is 6.57. The second kappa shape index (κ2) is 10.9. The van der Waals surface area contributed by atoms with Gasteiger partial charge in [0, 0.05) is 33.4 Å². The number of anilines is 3. The highest BCUT2D eigenvalue weighted by Crippen LogP contribution is 2.46. The van der Waals surface area contributed by atoms with Gasteiger partial charge in [-0.3, -0.25) is 0 Å². The molecule has 2 aromatic carbocycles. The Balaban J connectivity index is 0.000000855. The summed E-state index contributed by atoms with van der Waals surface area (Å²) in [5.41, 5.74) is 6.63. The van der Waals surface area contributed by atoms with Gasteiger partial charge in [0.1, 0.15) is 6.17 Å². The van der Waals surface area contributed by atoms with Gasteiger partial charge in [-0.15, -0.1) is 0 Å². The number of fused-ring (bicyclic) bond motifs is 1. The van der Waals surface area contributed by atoms with Crippen molar-refractivity contribution in [3.05, 3.63) is 53.6 Å². The molecular formula is C24H39N3. The van der Waals surface area contributed by atoms with Crippen LogP contribution in [0.15, 0.2) is 42.5 Å². The molecule has 1 heterocycles. The second-order valence-electron chi connectivity index (χ2n) is 6.56. The first-order valence-electron chi connectivity index (χ1n) is 10.4. The summed E-state index contributed by atoms with van der Waals surface area (Å²) >= 11 is 0. The Labute approximate surface area is 167 Å². The SMILES string of the molecule is CC.CC.CCCN(C)c1cc2c(cc1C)N(C)C(c1ccccc1)N2C. The highest BCUT2D eigenvalue weighted by molar-refractivity contribution is 5.83. The van der Waals surface area contributed by atoms with Gasteiger partial charge in [0.15, 0.2) is 0 Å². The van der Waals surface area contributed by atoms with E-state index in [1.165, 1.54) is 28.2 Å². The molecule has 27 heavy (non-hydrogen) atoms. The lowest BCUT2D eigenvalue weighted by atomic mass is 10.1. The molecule has 3 heteroatoms. The summed E-state index contributed by atoms with van der Waals surface area (Å²) in [5, 5.41) is 0. The van der Waals surface area contributed by atoms with Crippen LogP contribution in [0.4, 0.5) is 17.1 Å². The summed E-state index contributed by atoms with van der Waals surface area (Å²) in [6.07, 6.45) is 1.42. The maximum Gasteiger partial charge on any atom is 0.128 e. The molecule has 0 radical (unpaired) electrons. The molecule has 1 aliphatic heterocycles. The van der Waals surface area contributed by atoms with E-state index in [9.17, 15) is 0 Å². The number of hydrogen-bond acceptors (Lipinski definition) is 3. The number of aryl methyl sites for hydroxylation is 1. The molecule has 0 spiro atoms. The third-order valence-electron chi connectivity index (χ3n) is 4.85. The molecule has 0 saturated carbocycles. The summed E-state index contributed by atoms with van der Waals surface area (Å²) < 4.78 is 0. The molecule has 0 fully saturated rings. The van der Waals surface area contributed by atoms with Crippen molar-refractivity contribution in [1.82, 2.24) is 0 Å². The van der Waals surface area contributed by atoms with E-state index in [1.807, 2.05) is 27.7 Å². The zero-order chi connectivity index (χ0) is 20.6. The second-order valence-corrected chi connectivity index (χ2v) is 6.56. The molecule has 0 aromatic heterocycles. The number of rotatable bonds is 4. The molecule has 1 unspecified atom stereocenters. The molecule has 1 aliphatic rings. The lowest BCUT2D eigenvalue weighted by Gasteiger charge is -2.28. The molecular weight excluding hydrogens is 330 g/mol. The normalized spacial score (nSPS) is 14.6. The van der Waals surface area contributed by atoms with Crippen molar-refractivity contribution in [2.45, 2.75) is 54.1 Å². The topological polar surface area (TPSA) is 9.72 Å². The molecule has 2 aromatic rings. The van der Waals surface area contributed by atoms with Crippen molar-refractivity contribution >= 4 is 17.1 Å². The first kappa shape index (κ1) is 22.9. The monoisotopic (exact) mass is 369 g/mol. The third-order valence-corrected chi connectivity index (χ3v) is 4.85. The fourth-order valence-electron chi connectivity index (χ4n) is 3.70. The van der Waals surface area contributed by atoms with E-state index in [0.717, 1.165) is 13.0 Å². The van der Waals surface area contributed by atoms with E-state index in [1.54, 1.807) is 0 Å². The minimum absolute atomic E-state index is 0.261. The van der Waals surface area contributed by atoms with Crippen LogP contribution >= 0.6 is 0 Å². The number of hydrogen-bond donors (Lipinski definition) is 0. The first-order chi connectivity index (χ1) is 13.0. The van der Waals surface area contributed by atoms with E-state index < -0.39 is 0 Å². The van der Waals surface area contributed by atoms with Gasteiger partial charge in [-0.05, 0) is 36.6 Å². The molecule has 0 N–H and O–H groups in total. The lowest BCUT2D eigenvalue weighted by molar-refractivity contribution is 0.694. The van der Waals surface area contributed by atoms with E-state index in [-0.39, 0.29) is 6.17 Å². The Bertz CT molecular complexity index is 682. The molecule has 0 saturated heterocycles. The van der Waals surface area contributed by atoms with Gasteiger partial charge in [0.25, 0.3) is 0 Å². The van der Waals surface area contributed by atoms with E-state index >= 15 is 0 Å². The quantitative estimate of drug-likeness (QED) is 0.611. The van der Waals surface area contributed by atoms with Crippen LogP contribution in [0.3, 0.4) is 0 Å². The zero-order valence-corrected chi connectivity index (χ0v) is 18.9. The van der Waals surface area contributed by atoms with Gasteiger partial charge >= 0.3 is 0 Å². The van der Waals surface area contributed by atoms with Crippen LogP contribution in [0.5, 0.6) is 0 Å². The highest BCUT2D eigenvalue weighted by Gasteiger charge is 2.33. The summed E-state index contributed by atoms with van der Waals surface area (Å²) in [6, 6.07) is 15.4. The fourth-order valence-corrected chi connectivity index (χ4v) is 3.70. The summed E-state index contributed by atoms with van der Waals surface area (Å²) in [4.78, 5) is 7.12. The average Bonchev–Trinajstić information content (AvgIpc) is 2.95. The molecule has 0 aliphatic carbocycles. The van der Waals surface area contributed by atoms with E-state index in [4.69, 9.17) is 0 Å². The van der Waals surface area contributed by atoms with Crippen molar-refractivity contribution in [1.29, 1.82) is 0 Å². The predicted molar refractivity (Wildman–Crippen MR) is 123 cm³/mol. The van der Waals surface area contributed by atoms with Crippen molar-refractivity contribution in [2.75, 3.05) is 42.4 Å². The summed E-state index contributed by atoms with van der Waals surface area (Å²) in [5.74, 6) is 0. The summed E-state index contributed by atoms with van der Waals surface area (Å²) in [6.45, 7) is 13.5. The molecule has 3 rings (SSSR count). The first-order valence-corrected chi connectivity index (χ1v) is 10.4. The Morgan fingerprint density at radius 2 is 1.41 bits per heavy atom. The number of benzene rings is 2. The van der Waals surface area contributed by atoms with Gasteiger partial charge in [-0.1, -0.05) is 65.0 Å². The fraction of sp³-hybridized carbons (Fsp3) is 0.500. The smallest absolute Gasteiger partial charge is 0.128 e. The van der Waals surface area contributed by atoms with Crippen molar-refractivity contribution in [2.24, 2.45) is 0 Å². The molecule has 1 atom stereocenters. The molecule has 0 amide bonds. The minimum Gasteiger partial charge on any atom is -0.374 e. The molecule has 0 bridgehead atoms. The third kappa shape index (κ3) is 4.77. The van der Waals surface area contributed by atoms with Gasteiger partial charge in [-0.25, -0.2) is 0 Å². The maximum atomic E-state index is 2.38. The van der Waals surface area contributed by atoms with E-state index in [2.05, 4.69) is 92.2 Å². The van der Waals surface area contributed by atoms with E-state index in [0.29, 0.717) is 0 Å². The van der Waals surface area contributed by atoms with Gasteiger partial charge < -0.3 is 14.7 Å². The van der Waals surface area contributed by atoms with Crippen LogP contribution in [0.1, 0.15) is 58.3 Å². The maximum absolute atomic E-state index is 2.38. The molecule has 150 valence electrons. The average molecular weight is 370 g/mol. The lowest BCUT2D eigenvalue weighted by Crippen LogP contribution is -2.30. The van der Waals surface area contributed by atoms with Crippen LogP contribution in [0.25, 0.3) is 0 Å². The minimum atomic E-state index is 0.261. The Morgan fingerprint density at radius 1 is 0.889 bits per heavy atom. The van der Waals surface area contributed by atoms with Crippen LogP contribution < -0.4 is 14.7 Å². The predicted octanol–water partition coefficient (Wildman–Crippen LogP) is 6.48. The van der Waals surface area contributed by atoms with Crippen LogP contribution in [-0.2, 0) is 0 Å². The van der Waals surface area contributed by atoms with Crippen LogP contribution in [-0.4, -0.2) is 27.7 Å². The Hall–Kier alpha value is -2.16. The largest absolute Gasteiger partial charge is 0.374 e. The van der Waals surface area contributed by atoms with Gasteiger partial charge in [0.05, 0.1) is 11.4 Å². The van der Waals surface area contributed by atoms with Gasteiger partial charge in [-0.2, -0.15) is 0 Å². The highest BCUT2D eigenvalue weighted by atomic mass is 15.4. The zero-order valence-electron chi connectivity index (χ0n) is 18.9. The van der Waals surface area contributed by atoms with Crippen molar-refractivity contribution in [3.8, 4) is 0 Å². The van der Waals surface area contributed by atoms with Crippen LogP contribution in [0, 0.1) is 6.92 Å². The number of nitrogens with zero attached hydrogens (tertiary/aromatic N) is 3. The molecule has 3 nitrogen and oxygen atoms in total. The van der Waals surface area contributed by atoms with Crippen molar-refractivity contribution in [3.63, 3.8) is 0 Å². The Kier molecular flexibility index (Phi) is 9.20. The van der Waals surface area contributed by atoms with Crippen LogP contribution in [0.2, 0.25) is 0 Å².